The number of hydrogen-bond acceptors (Lipinski definition) is 3. The van der Waals surface area contributed by atoms with Crippen molar-refractivity contribution in [1.29, 1.82) is 0 Å². The van der Waals surface area contributed by atoms with E-state index in [0.717, 1.165) is 30.9 Å². The molecule has 1 heterocycles. The molecule has 1 unspecified atom stereocenters. The average Bonchev–Trinajstić information content (AvgIpc) is 2.79. The molecule has 1 N–H and O–H groups in total. The van der Waals surface area contributed by atoms with E-state index in [-0.39, 0.29) is 6.04 Å². The molecule has 98 valence electrons. The van der Waals surface area contributed by atoms with Crippen LogP contribution in [0.4, 0.5) is 0 Å². The van der Waals surface area contributed by atoms with Gasteiger partial charge in [-0.05, 0) is 43.7 Å². The maximum Gasteiger partial charge on any atom is 0.134 e. The third-order valence-electron chi connectivity index (χ3n) is 3.13. The summed E-state index contributed by atoms with van der Waals surface area (Å²) in [7, 11) is 1.73. The van der Waals surface area contributed by atoms with Crippen molar-refractivity contribution in [2.24, 2.45) is 0 Å². The number of methoxy groups -OCH3 is 1. The minimum atomic E-state index is 0.254. The van der Waals surface area contributed by atoms with Crippen molar-refractivity contribution in [1.82, 2.24) is 5.32 Å². The first kappa shape index (κ1) is 13.1. The van der Waals surface area contributed by atoms with E-state index >= 15 is 0 Å². The van der Waals surface area contributed by atoms with Gasteiger partial charge in [0.25, 0.3) is 0 Å². The molecule has 0 fully saturated rings. The lowest BCUT2D eigenvalue weighted by molar-refractivity contribution is 0.202. The Morgan fingerprint density at radius 3 is 2.89 bits per heavy atom. The van der Waals surface area contributed by atoms with Gasteiger partial charge in [-0.1, -0.05) is 13.0 Å². The summed E-state index contributed by atoms with van der Waals surface area (Å²) in [6.07, 6.45) is 0.940. The highest BCUT2D eigenvalue weighted by atomic mass is 16.5. The molecule has 0 amide bonds. The largest absolute Gasteiger partial charge is 0.459 e. The Bertz CT molecular complexity index is 504. The Morgan fingerprint density at radius 1 is 1.33 bits per heavy atom. The Kier molecular flexibility index (Phi) is 4.39. The molecule has 0 aliphatic rings. The molecular weight excluding hydrogens is 226 g/mol. The first-order chi connectivity index (χ1) is 8.74. The van der Waals surface area contributed by atoms with Crippen LogP contribution in [0.25, 0.3) is 11.0 Å². The van der Waals surface area contributed by atoms with Crippen molar-refractivity contribution in [2.45, 2.75) is 26.3 Å². The maximum absolute atomic E-state index is 5.85. The number of furan rings is 1. The standard InChI is InChI=1S/C15H21NO2/c1-4-16-11(2)15-10-13-9-12(7-8-17-3)5-6-14(13)18-15/h5-6,9-11,16H,4,7-8H2,1-3H3. The smallest absolute Gasteiger partial charge is 0.134 e. The number of nitrogens with one attached hydrogen (secondary N) is 1. The lowest BCUT2D eigenvalue weighted by Crippen LogP contribution is -2.16. The molecular formula is C15H21NO2. The van der Waals surface area contributed by atoms with Crippen LogP contribution in [0, 0.1) is 0 Å². The highest BCUT2D eigenvalue weighted by Crippen LogP contribution is 2.25. The number of ether oxygens (including phenoxy) is 1. The minimum absolute atomic E-state index is 0.254. The lowest BCUT2D eigenvalue weighted by atomic mass is 10.1. The molecule has 0 aliphatic carbocycles. The monoisotopic (exact) mass is 247 g/mol. The molecule has 0 saturated carbocycles. The van der Waals surface area contributed by atoms with Gasteiger partial charge in [0.15, 0.2) is 0 Å². The third-order valence-corrected chi connectivity index (χ3v) is 3.13. The summed E-state index contributed by atoms with van der Waals surface area (Å²) in [5.41, 5.74) is 2.24. The molecule has 3 heteroatoms. The van der Waals surface area contributed by atoms with Gasteiger partial charge in [-0.25, -0.2) is 0 Å². The molecule has 0 radical (unpaired) electrons. The Labute approximate surface area is 108 Å². The van der Waals surface area contributed by atoms with Crippen molar-refractivity contribution >= 4 is 11.0 Å². The van der Waals surface area contributed by atoms with E-state index in [0.29, 0.717) is 0 Å². The molecule has 3 nitrogen and oxygen atoms in total. The predicted molar refractivity (Wildman–Crippen MR) is 73.9 cm³/mol. The van der Waals surface area contributed by atoms with Crippen molar-refractivity contribution in [2.75, 3.05) is 20.3 Å². The van der Waals surface area contributed by atoms with Crippen LogP contribution in [0.5, 0.6) is 0 Å². The lowest BCUT2D eigenvalue weighted by Gasteiger charge is -2.07. The van der Waals surface area contributed by atoms with Crippen molar-refractivity contribution < 1.29 is 9.15 Å². The van der Waals surface area contributed by atoms with Crippen LogP contribution >= 0.6 is 0 Å². The molecule has 0 bridgehead atoms. The molecule has 2 aromatic rings. The fourth-order valence-electron chi connectivity index (χ4n) is 2.11. The van der Waals surface area contributed by atoms with Crippen molar-refractivity contribution in [3.05, 3.63) is 35.6 Å². The Morgan fingerprint density at radius 2 is 2.17 bits per heavy atom. The molecule has 0 saturated heterocycles. The molecule has 18 heavy (non-hydrogen) atoms. The van der Waals surface area contributed by atoms with Gasteiger partial charge in [0.1, 0.15) is 11.3 Å². The zero-order valence-electron chi connectivity index (χ0n) is 11.3. The molecule has 0 spiro atoms. The molecule has 1 atom stereocenters. The van der Waals surface area contributed by atoms with E-state index in [9.17, 15) is 0 Å². The molecule has 0 aliphatic heterocycles. The summed E-state index contributed by atoms with van der Waals surface area (Å²) in [5, 5.41) is 4.53. The Balaban J connectivity index is 2.22. The van der Waals surface area contributed by atoms with Gasteiger partial charge in [0, 0.05) is 12.5 Å². The van der Waals surface area contributed by atoms with Crippen LogP contribution in [0.2, 0.25) is 0 Å². The van der Waals surface area contributed by atoms with Crippen LogP contribution in [0.1, 0.15) is 31.2 Å². The van der Waals surface area contributed by atoms with E-state index < -0.39 is 0 Å². The normalized spacial score (nSPS) is 13.1. The SMILES string of the molecule is CCNC(C)c1cc2cc(CCOC)ccc2o1. The second-order valence-corrected chi connectivity index (χ2v) is 4.54. The van der Waals surface area contributed by atoms with E-state index in [4.69, 9.17) is 9.15 Å². The molecule has 1 aromatic carbocycles. The van der Waals surface area contributed by atoms with Gasteiger partial charge in [0.05, 0.1) is 12.6 Å². The fourth-order valence-corrected chi connectivity index (χ4v) is 2.11. The summed E-state index contributed by atoms with van der Waals surface area (Å²) >= 11 is 0. The van der Waals surface area contributed by atoms with Crippen LogP contribution in [0.3, 0.4) is 0 Å². The predicted octanol–water partition coefficient (Wildman–Crippen LogP) is 3.29. The number of rotatable bonds is 6. The summed E-state index contributed by atoms with van der Waals surface area (Å²) in [6, 6.07) is 8.71. The van der Waals surface area contributed by atoms with Gasteiger partial charge in [-0.2, -0.15) is 0 Å². The van der Waals surface area contributed by atoms with Crippen LogP contribution in [-0.4, -0.2) is 20.3 Å². The van der Waals surface area contributed by atoms with Gasteiger partial charge in [-0.3, -0.25) is 0 Å². The fraction of sp³-hybridized carbons (Fsp3) is 0.467. The topological polar surface area (TPSA) is 34.4 Å². The van der Waals surface area contributed by atoms with Crippen LogP contribution in [0.15, 0.2) is 28.7 Å². The van der Waals surface area contributed by atoms with Crippen LogP contribution in [-0.2, 0) is 11.2 Å². The minimum Gasteiger partial charge on any atom is -0.459 e. The maximum atomic E-state index is 5.85. The van der Waals surface area contributed by atoms with Crippen molar-refractivity contribution in [3.8, 4) is 0 Å². The van der Waals surface area contributed by atoms with Gasteiger partial charge < -0.3 is 14.5 Å². The Hall–Kier alpha value is -1.32. The summed E-state index contributed by atoms with van der Waals surface area (Å²) in [6.45, 7) is 5.91. The summed E-state index contributed by atoms with van der Waals surface area (Å²) in [5.74, 6) is 0.996. The average molecular weight is 247 g/mol. The number of hydrogen-bond donors (Lipinski definition) is 1. The summed E-state index contributed by atoms with van der Waals surface area (Å²) < 4.78 is 10.9. The van der Waals surface area contributed by atoms with Crippen LogP contribution < -0.4 is 5.32 Å². The van der Waals surface area contributed by atoms with Gasteiger partial charge in [0.2, 0.25) is 0 Å². The second kappa shape index (κ2) is 6.03. The van der Waals surface area contributed by atoms with Gasteiger partial charge in [-0.15, -0.1) is 0 Å². The second-order valence-electron chi connectivity index (χ2n) is 4.54. The first-order valence-electron chi connectivity index (χ1n) is 6.49. The third kappa shape index (κ3) is 2.92. The number of fused-ring (bicyclic) bond motifs is 1. The molecule has 1 aromatic heterocycles. The quantitative estimate of drug-likeness (QED) is 0.850. The van der Waals surface area contributed by atoms with E-state index in [2.05, 4.69) is 37.4 Å². The van der Waals surface area contributed by atoms with Gasteiger partial charge >= 0.3 is 0 Å². The van der Waals surface area contributed by atoms with E-state index in [1.54, 1.807) is 7.11 Å². The number of benzene rings is 1. The zero-order valence-corrected chi connectivity index (χ0v) is 11.3. The first-order valence-corrected chi connectivity index (χ1v) is 6.49. The molecule has 2 rings (SSSR count). The van der Waals surface area contributed by atoms with E-state index in [1.165, 1.54) is 10.9 Å². The van der Waals surface area contributed by atoms with E-state index in [1.807, 2.05) is 6.07 Å². The highest BCUT2D eigenvalue weighted by molar-refractivity contribution is 5.78. The summed E-state index contributed by atoms with van der Waals surface area (Å²) in [4.78, 5) is 0. The highest BCUT2D eigenvalue weighted by Gasteiger charge is 2.10. The van der Waals surface area contributed by atoms with Crippen molar-refractivity contribution in [3.63, 3.8) is 0 Å². The zero-order chi connectivity index (χ0) is 13.0.